The average molecular weight is 487 g/mol. The standard InChI is InChI=1S/C18H14ClF7N4O2/c19-10-6-30(15(22)23)29-14(10)12(31)4-8-1-2-11(21)9(3-8)17(7-20)5-13(18(24,25)26)32-16(27)28-17/h1-3,6,13,15H,4-5,7H2,(H2,27,28)/t13-,17+/m0/s1. The van der Waals surface area contributed by atoms with E-state index in [0.717, 1.165) is 24.4 Å². The SMILES string of the molecule is NC1=N[C@](CF)(c2cc(CC(=O)c3nn(C(F)F)cc3Cl)ccc2F)C[C@@H](C(F)(F)F)O1. The van der Waals surface area contributed by atoms with Gasteiger partial charge in [0.2, 0.25) is 0 Å². The second-order valence-corrected chi connectivity index (χ2v) is 7.37. The largest absolute Gasteiger partial charge is 0.452 e. The van der Waals surface area contributed by atoms with Crippen LogP contribution in [0.25, 0.3) is 0 Å². The Morgan fingerprint density at radius 1 is 1.38 bits per heavy atom. The average Bonchev–Trinajstić information content (AvgIpc) is 3.10. The number of halogens is 8. The van der Waals surface area contributed by atoms with Gasteiger partial charge in [0.05, 0.1) is 11.2 Å². The van der Waals surface area contributed by atoms with Gasteiger partial charge in [-0.1, -0.05) is 17.7 Å². The van der Waals surface area contributed by atoms with E-state index in [0.29, 0.717) is 0 Å². The molecule has 2 N–H and O–H groups in total. The van der Waals surface area contributed by atoms with E-state index in [4.69, 9.17) is 17.3 Å². The summed E-state index contributed by atoms with van der Waals surface area (Å²) in [5, 5.41) is 3.03. The van der Waals surface area contributed by atoms with Gasteiger partial charge in [-0.15, -0.1) is 0 Å². The molecule has 1 aliphatic heterocycles. The maximum atomic E-state index is 14.5. The number of nitrogens with two attached hydrogens (primary N) is 1. The van der Waals surface area contributed by atoms with Crippen LogP contribution in [0.4, 0.5) is 30.7 Å². The normalized spacial score (nSPS) is 21.4. The number of ketones is 1. The number of Topliss-reactive ketones (excluding diaryl/α,β-unsaturated/α-hetero) is 1. The molecule has 0 aliphatic carbocycles. The van der Waals surface area contributed by atoms with Crippen LogP contribution in [0, 0.1) is 5.82 Å². The van der Waals surface area contributed by atoms with E-state index in [1.807, 2.05) is 0 Å². The van der Waals surface area contributed by atoms with Crippen LogP contribution in [0.1, 0.15) is 34.6 Å². The number of nitrogens with zero attached hydrogens (tertiary/aromatic N) is 3. The Morgan fingerprint density at radius 3 is 2.62 bits per heavy atom. The van der Waals surface area contributed by atoms with Crippen molar-refractivity contribution in [1.82, 2.24) is 9.78 Å². The van der Waals surface area contributed by atoms with Gasteiger partial charge in [-0.25, -0.2) is 18.5 Å². The molecule has 174 valence electrons. The molecule has 1 aromatic carbocycles. The molecule has 0 amide bonds. The lowest BCUT2D eigenvalue weighted by molar-refractivity contribution is -0.209. The third-order valence-corrected chi connectivity index (χ3v) is 5.02. The second kappa shape index (κ2) is 8.60. The Morgan fingerprint density at radius 2 is 2.06 bits per heavy atom. The molecular formula is C18H14ClF7N4O2. The fraction of sp³-hybridized carbons (Fsp3) is 0.389. The van der Waals surface area contributed by atoms with Crippen molar-refractivity contribution >= 4 is 23.4 Å². The summed E-state index contributed by atoms with van der Waals surface area (Å²) in [7, 11) is 0. The highest BCUT2D eigenvalue weighted by Crippen LogP contribution is 2.41. The number of alkyl halides is 6. The number of carbonyl (C=O) groups is 1. The van der Waals surface area contributed by atoms with Crippen LogP contribution in [-0.4, -0.2) is 40.5 Å². The lowest BCUT2D eigenvalue weighted by atomic mass is 9.83. The zero-order chi connectivity index (χ0) is 23.8. The number of hydrogen-bond acceptors (Lipinski definition) is 5. The topological polar surface area (TPSA) is 82.5 Å². The van der Waals surface area contributed by atoms with Gasteiger partial charge in [0.25, 0.3) is 6.02 Å². The first-order valence-corrected chi connectivity index (χ1v) is 9.23. The molecule has 6 nitrogen and oxygen atoms in total. The molecule has 14 heteroatoms. The van der Waals surface area contributed by atoms with Crippen LogP contribution in [0.5, 0.6) is 0 Å². The van der Waals surface area contributed by atoms with Gasteiger partial charge in [0.15, 0.2) is 11.9 Å². The Bertz CT molecular complexity index is 1060. The van der Waals surface area contributed by atoms with Gasteiger partial charge in [-0.05, 0) is 17.7 Å². The number of rotatable bonds is 6. The minimum absolute atomic E-state index is 0.0331. The van der Waals surface area contributed by atoms with Crippen LogP contribution in [0.2, 0.25) is 5.02 Å². The molecule has 32 heavy (non-hydrogen) atoms. The molecule has 2 heterocycles. The second-order valence-electron chi connectivity index (χ2n) is 6.96. The minimum Gasteiger partial charge on any atom is -0.452 e. The smallest absolute Gasteiger partial charge is 0.425 e. The van der Waals surface area contributed by atoms with Crippen molar-refractivity contribution < 1.29 is 40.3 Å². The van der Waals surface area contributed by atoms with E-state index in [2.05, 4.69) is 14.8 Å². The highest BCUT2D eigenvalue weighted by Gasteiger charge is 2.52. The lowest BCUT2D eigenvalue weighted by Gasteiger charge is -2.36. The Hall–Kier alpha value is -2.83. The molecule has 0 bridgehead atoms. The van der Waals surface area contributed by atoms with Crippen molar-refractivity contribution in [3.05, 3.63) is 52.1 Å². The molecule has 0 unspecified atom stereocenters. The van der Waals surface area contributed by atoms with E-state index < -0.39 is 72.8 Å². The van der Waals surface area contributed by atoms with E-state index in [-0.39, 0.29) is 15.3 Å². The van der Waals surface area contributed by atoms with Gasteiger partial charge in [0.1, 0.15) is 23.7 Å². The number of aromatic nitrogens is 2. The summed E-state index contributed by atoms with van der Waals surface area (Å²) in [6.45, 7) is -4.59. The Kier molecular flexibility index (Phi) is 6.40. The van der Waals surface area contributed by atoms with Crippen LogP contribution < -0.4 is 5.73 Å². The predicted molar refractivity (Wildman–Crippen MR) is 97.7 cm³/mol. The van der Waals surface area contributed by atoms with Gasteiger partial charge >= 0.3 is 12.7 Å². The van der Waals surface area contributed by atoms with Crippen LogP contribution in [0.3, 0.4) is 0 Å². The third-order valence-electron chi connectivity index (χ3n) is 4.74. The van der Waals surface area contributed by atoms with Crippen molar-refractivity contribution in [1.29, 1.82) is 0 Å². The highest BCUT2D eigenvalue weighted by molar-refractivity contribution is 6.33. The van der Waals surface area contributed by atoms with Crippen LogP contribution in [-0.2, 0) is 16.7 Å². The zero-order valence-electron chi connectivity index (χ0n) is 15.8. The maximum absolute atomic E-state index is 14.5. The number of benzene rings is 1. The van der Waals surface area contributed by atoms with E-state index in [1.165, 1.54) is 0 Å². The molecule has 1 aromatic heterocycles. The summed E-state index contributed by atoms with van der Waals surface area (Å²) < 4.78 is 98.1. The maximum Gasteiger partial charge on any atom is 0.425 e. The fourth-order valence-corrected chi connectivity index (χ4v) is 3.50. The third kappa shape index (κ3) is 4.66. The summed E-state index contributed by atoms with van der Waals surface area (Å²) >= 11 is 5.75. The molecule has 2 aromatic rings. The zero-order valence-corrected chi connectivity index (χ0v) is 16.6. The van der Waals surface area contributed by atoms with E-state index in [1.54, 1.807) is 0 Å². The van der Waals surface area contributed by atoms with Crippen molar-refractivity contribution in [2.75, 3.05) is 6.67 Å². The molecule has 0 saturated heterocycles. The Labute approximate surface area is 180 Å². The number of aliphatic imine (C=N–C) groups is 1. The predicted octanol–water partition coefficient (Wildman–Crippen LogP) is 4.33. The molecule has 3 rings (SSSR count). The molecule has 0 spiro atoms. The van der Waals surface area contributed by atoms with E-state index in [9.17, 15) is 35.5 Å². The monoisotopic (exact) mass is 486 g/mol. The summed E-state index contributed by atoms with van der Waals surface area (Å²) in [5.41, 5.74) is 1.93. The number of amidine groups is 1. The highest BCUT2D eigenvalue weighted by atomic mass is 35.5. The molecule has 0 saturated carbocycles. The number of carbonyl (C=O) groups excluding carboxylic acids is 1. The van der Waals surface area contributed by atoms with Gasteiger partial charge < -0.3 is 10.5 Å². The van der Waals surface area contributed by atoms with Gasteiger partial charge in [-0.3, -0.25) is 4.79 Å². The van der Waals surface area contributed by atoms with Crippen LogP contribution >= 0.6 is 11.6 Å². The molecule has 0 fully saturated rings. The van der Waals surface area contributed by atoms with Gasteiger partial charge in [-0.2, -0.15) is 27.1 Å². The van der Waals surface area contributed by atoms with Crippen molar-refractivity contribution in [3.63, 3.8) is 0 Å². The summed E-state index contributed by atoms with van der Waals surface area (Å²) in [4.78, 5) is 16.0. The van der Waals surface area contributed by atoms with Crippen molar-refractivity contribution in [3.8, 4) is 0 Å². The molecule has 0 radical (unpaired) electrons. The van der Waals surface area contributed by atoms with Crippen LogP contribution in [0.15, 0.2) is 29.4 Å². The molecule has 1 aliphatic rings. The first-order valence-electron chi connectivity index (χ1n) is 8.86. The summed E-state index contributed by atoms with van der Waals surface area (Å²) in [6, 6.07) is 1.93. The molecule has 2 atom stereocenters. The summed E-state index contributed by atoms with van der Waals surface area (Å²) in [5.74, 6) is -1.91. The quantitative estimate of drug-likeness (QED) is 0.487. The first kappa shape index (κ1) is 23.8. The van der Waals surface area contributed by atoms with Crippen molar-refractivity contribution in [2.45, 2.75) is 37.2 Å². The number of hydrogen-bond donors (Lipinski definition) is 1. The molecular weight excluding hydrogens is 473 g/mol. The van der Waals surface area contributed by atoms with E-state index >= 15 is 0 Å². The van der Waals surface area contributed by atoms with Gasteiger partial charge in [0, 0.05) is 18.4 Å². The minimum atomic E-state index is -4.93. The first-order chi connectivity index (χ1) is 14.9. The lowest BCUT2D eigenvalue weighted by Crippen LogP contribution is -2.48. The van der Waals surface area contributed by atoms with Crippen molar-refractivity contribution in [2.24, 2.45) is 10.7 Å². The Balaban J connectivity index is 1.96. The number of ether oxygens (including phenoxy) is 1. The summed E-state index contributed by atoms with van der Waals surface area (Å²) in [6.07, 6.45) is -8.34. The fourth-order valence-electron chi connectivity index (χ4n) is 3.25.